The molecule has 0 amide bonds. The minimum Gasteiger partial charge on any atom is -0.492 e. The number of halogens is 1. The highest BCUT2D eigenvalue weighted by molar-refractivity contribution is 9.10. The molecule has 1 aromatic carbocycles. The summed E-state index contributed by atoms with van der Waals surface area (Å²) in [5.74, 6) is 0.883. The summed E-state index contributed by atoms with van der Waals surface area (Å²) in [6.45, 7) is 5.55. The van der Waals surface area contributed by atoms with Crippen molar-refractivity contribution in [3.63, 3.8) is 0 Å². The molecule has 0 unspecified atom stereocenters. The topological polar surface area (TPSA) is 27.1 Å². The van der Waals surface area contributed by atoms with Gasteiger partial charge in [-0.3, -0.25) is 0 Å². The van der Waals surface area contributed by atoms with Gasteiger partial charge in [0.1, 0.15) is 12.4 Å². The number of aryl methyl sites for hydroxylation is 1. The molecule has 0 fully saturated rings. The summed E-state index contributed by atoms with van der Waals surface area (Å²) in [7, 11) is 0. The average molecular weight is 295 g/mol. The van der Waals surface area contributed by atoms with Crippen molar-refractivity contribution < 1.29 is 4.74 Å². The first kappa shape index (κ1) is 12.2. The van der Waals surface area contributed by atoms with E-state index >= 15 is 0 Å². The van der Waals surface area contributed by atoms with E-state index < -0.39 is 0 Å². The van der Waals surface area contributed by atoms with Crippen LogP contribution >= 0.6 is 15.9 Å². The van der Waals surface area contributed by atoms with E-state index in [1.165, 1.54) is 5.69 Å². The van der Waals surface area contributed by atoms with Crippen LogP contribution in [0.4, 0.5) is 0 Å². The molecule has 1 heterocycles. The molecule has 0 aliphatic heterocycles. The van der Waals surface area contributed by atoms with Gasteiger partial charge in [-0.1, -0.05) is 22.0 Å². The van der Waals surface area contributed by atoms with Crippen molar-refractivity contribution >= 4 is 15.9 Å². The van der Waals surface area contributed by atoms with Crippen molar-refractivity contribution in [1.82, 2.24) is 9.55 Å². The van der Waals surface area contributed by atoms with Crippen LogP contribution in [-0.2, 0) is 6.54 Å². The highest BCUT2D eigenvalue weighted by Crippen LogP contribution is 2.17. The summed E-state index contributed by atoms with van der Waals surface area (Å²) in [6.07, 6.45) is 1.86. The molecule has 0 atom stereocenters. The Hall–Kier alpha value is -1.29. The molecule has 1 aromatic heterocycles. The molecular formula is C13H15BrN2O. The molecule has 0 N–H and O–H groups in total. The van der Waals surface area contributed by atoms with Crippen LogP contribution in [0.5, 0.6) is 5.75 Å². The van der Waals surface area contributed by atoms with Gasteiger partial charge in [-0.2, -0.15) is 0 Å². The smallest absolute Gasteiger partial charge is 0.120 e. The number of imidazole rings is 1. The molecule has 2 aromatic rings. The van der Waals surface area contributed by atoms with Gasteiger partial charge in [0.25, 0.3) is 0 Å². The van der Waals surface area contributed by atoms with E-state index in [0.717, 1.165) is 22.5 Å². The summed E-state index contributed by atoms with van der Waals surface area (Å²) in [5.41, 5.74) is 2.27. The molecule has 0 spiro atoms. The Kier molecular flexibility index (Phi) is 3.84. The number of nitrogens with zero attached hydrogens (tertiary/aromatic N) is 2. The molecule has 0 bridgehead atoms. The van der Waals surface area contributed by atoms with E-state index in [2.05, 4.69) is 32.4 Å². The van der Waals surface area contributed by atoms with Gasteiger partial charge in [0, 0.05) is 10.2 Å². The third kappa shape index (κ3) is 3.09. The van der Waals surface area contributed by atoms with E-state index in [9.17, 15) is 0 Å². The molecule has 3 nitrogen and oxygen atoms in total. The average Bonchev–Trinajstić information content (AvgIpc) is 2.61. The van der Waals surface area contributed by atoms with Crippen LogP contribution in [0.3, 0.4) is 0 Å². The molecule has 0 aliphatic carbocycles. The summed E-state index contributed by atoms with van der Waals surface area (Å²) in [5, 5.41) is 0. The zero-order valence-electron chi connectivity index (χ0n) is 9.98. The summed E-state index contributed by atoms with van der Waals surface area (Å²) in [6, 6.07) is 7.87. The standard InChI is InChI=1S/C13H15BrN2O/c1-10-11(2)16(9-15-10)6-7-17-13-5-3-4-12(14)8-13/h3-5,8-9H,6-7H2,1-2H3. The minimum absolute atomic E-state index is 0.646. The van der Waals surface area contributed by atoms with E-state index in [-0.39, 0.29) is 0 Å². The molecule has 0 saturated heterocycles. The minimum atomic E-state index is 0.646. The number of hydrogen-bond acceptors (Lipinski definition) is 2. The van der Waals surface area contributed by atoms with E-state index in [1.54, 1.807) is 0 Å². The van der Waals surface area contributed by atoms with Crippen LogP contribution in [0.25, 0.3) is 0 Å². The molecule has 4 heteroatoms. The van der Waals surface area contributed by atoms with Gasteiger partial charge in [-0.05, 0) is 32.0 Å². The molecule has 0 radical (unpaired) electrons. The predicted molar refractivity (Wildman–Crippen MR) is 71.3 cm³/mol. The second-order valence-electron chi connectivity index (χ2n) is 3.91. The van der Waals surface area contributed by atoms with Crippen LogP contribution < -0.4 is 4.74 Å². The number of benzene rings is 1. The maximum absolute atomic E-state index is 5.68. The Balaban J connectivity index is 1.90. The van der Waals surface area contributed by atoms with Crippen LogP contribution in [0, 0.1) is 13.8 Å². The van der Waals surface area contributed by atoms with E-state index in [1.807, 2.05) is 37.5 Å². The zero-order valence-corrected chi connectivity index (χ0v) is 11.6. The summed E-state index contributed by atoms with van der Waals surface area (Å²) >= 11 is 3.42. The van der Waals surface area contributed by atoms with Crippen LogP contribution in [0.15, 0.2) is 35.1 Å². The van der Waals surface area contributed by atoms with Gasteiger partial charge in [-0.15, -0.1) is 0 Å². The van der Waals surface area contributed by atoms with Crippen molar-refractivity contribution in [2.24, 2.45) is 0 Å². The third-order valence-corrected chi connectivity index (χ3v) is 3.24. The van der Waals surface area contributed by atoms with Gasteiger partial charge in [-0.25, -0.2) is 4.98 Å². The number of aromatic nitrogens is 2. The second kappa shape index (κ2) is 5.36. The number of ether oxygens (including phenoxy) is 1. The molecule has 0 saturated carbocycles. The number of hydrogen-bond donors (Lipinski definition) is 0. The summed E-state index contributed by atoms with van der Waals surface area (Å²) < 4.78 is 8.81. The van der Waals surface area contributed by atoms with Gasteiger partial charge < -0.3 is 9.30 Å². The highest BCUT2D eigenvalue weighted by atomic mass is 79.9. The first-order chi connectivity index (χ1) is 8.16. The van der Waals surface area contributed by atoms with Crippen molar-refractivity contribution in [1.29, 1.82) is 0 Å². The fourth-order valence-electron chi connectivity index (χ4n) is 1.59. The normalized spacial score (nSPS) is 10.5. The highest BCUT2D eigenvalue weighted by Gasteiger charge is 2.01. The lowest BCUT2D eigenvalue weighted by Crippen LogP contribution is -2.08. The SMILES string of the molecule is Cc1ncn(CCOc2cccc(Br)c2)c1C. The van der Waals surface area contributed by atoms with Crippen molar-refractivity contribution in [3.8, 4) is 5.75 Å². The summed E-state index contributed by atoms with van der Waals surface area (Å²) in [4.78, 5) is 4.26. The first-order valence-electron chi connectivity index (χ1n) is 5.53. The van der Waals surface area contributed by atoms with Gasteiger partial charge >= 0.3 is 0 Å². The Bertz CT molecular complexity index is 508. The second-order valence-corrected chi connectivity index (χ2v) is 4.83. The lowest BCUT2D eigenvalue weighted by atomic mass is 10.3. The van der Waals surface area contributed by atoms with E-state index in [0.29, 0.717) is 6.61 Å². The lowest BCUT2D eigenvalue weighted by Gasteiger charge is -2.08. The predicted octanol–water partition coefficient (Wildman–Crippen LogP) is 3.34. The van der Waals surface area contributed by atoms with Gasteiger partial charge in [0.2, 0.25) is 0 Å². The van der Waals surface area contributed by atoms with Crippen molar-refractivity contribution in [2.75, 3.05) is 6.61 Å². The maximum atomic E-state index is 5.68. The van der Waals surface area contributed by atoms with Crippen LogP contribution in [0.1, 0.15) is 11.4 Å². The Morgan fingerprint density at radius 3 is 2.82 bits per heavy atom. The third-order valence-electron chi connectivity index (χ3n) is 2.74. The van der Waals surface area contributed by atoms with Gasteiger partial charge in [0.05, 0.1) is 18.6 Å². The Morgan fingerprint density at radius 1 is 1.35 bits per heavy atom. The first-order valence-corrected chi connectivity index (χ1v) is 6.33. The molecule has 17 heavy (non-hydrogen) atoms. The molecule has 0 aliphatic rings. The van der Waals surface area contributed by atoms with E-state index in [4.69, 9.17) is 4.74 Å². The quantitative estimate of drug-likeness (QED) is 0.865. The Morgan fingerprint density at radius 2 is 2.18 bits per heavy atom. The lowest BCUT2D eigenvalue weighted by molar-refractivity contribution is 0.297. The molecular weight excluding hydrogens is 280 g/mol. The largest absolute Gasteiger partial charge is 0.492 e. The van der Waals surface area contributed by atoms with Crippen LogP contribution in [0.2, 0.25) is 0 Å². The van der Waals surface area contributed by atoms with Crippen molar-refractivity contribution in [3.05, 3.63) is 46.5 Å². The van der Waals surface area contributed by atoms with Crippen molar-refractivity contribution in [2.45, 2.75) is 20.4 Å². The fourth-order valence-corrected chi connectivity index (χ4v) is 1.97. The monoisotopic (exact) mass is 294 g/mol. The Labute approximate surface area is 110 Å². The molecule has 2 rings (SSSR count). The van der Waals surface area contributed by atoms with Gasteiger partial charge in [0.15, 0.2) is 0 Å². The maximum Gasteiger partial charge on any atom is 0.120 e. The fraction of sp³-hybridized carbons (Fsp3) is 0.308. The zero-order chi connectivity index (χ0) is 12.3. The number of rotatable bonds is 4. The molecule has 90 valence electrons. The van der Waals surface area contributed by atoms with Crippen LogP contribution in [-0.4, -0.2) is 16.2 Å².